The Morgan fingerprint density at radius 1 is 1.42 bits per heavy atom. The molecule has 1 aliphatic carbocycles. The minimum atomic E-state index is -0.778. The summed E-state index contributed by atoms with van der Waals surface area (Å²) in [5.41, 5.74) is 2.06. The van der Waals surface area contributed by atoms with Crippen molar-refractivity contribution in [2.24, 2.45) is 5.41 Å². The molecule has 0 saturated heterocycles. The van der Waals surface area contributed by atoms with E-state index in [1.807, 2.05) is 31.2 Å². The molecule has 1 amide bonds. The Bertz CT molecular complexity index is 704. The molecule has 4 nitrogen and oxygen atoms in total. The summed E-state index contributed by atoms with van der Waals surface area (Å²) in [5.74, 6) is -0.0946. The van der Waals surface area contributed by atoms with Crippen LogP contribution in [0.1, 0.15) is 18.5 Å². The number of aromatic amines is 1. The lowest BCUT2D eigenvalue weighted by atomic mass is 10.1. The molecule has 1 fully saturated rings. The number of nitrogens with one attached hydrogen (secondary N) is 1. The van der Waals surface area contributed by atoms with Gasteiger partial charge in [-0.3, -0.25) is 4.79 Å². The summed E-state index contributed by atoms with van der Waals surface area (Å²) in [7, 11) is 1.75. The third kappa shape index (κ3) is 1.62. The molecule has 0 atom stereocenters. The number of benzene rings is 1. The summed E-state index contributed by atoms with van der Waals surface area (Å²) in [6.07, 6.45) is 1.35. The molecule has 0 aliphatic heterocycles. The van der Waals surface area contributed by atoms with Gasteiger partial charge in [0.1, 0.15) is 5.41 Å². The number of hydrogen-bond donors (Lipinski definition) is 1. The summed E-state index contributed by atoms with van der Waals surface area (Å²) in [6.45, 7) is 1.95. The van der Waals surface area contributed by atoms with E-state index in [-0.39, 0.29) is 5.91 Å². The van der Waals surface area contributed by atoms with Crippen LogP contribution in [0.25, 0.3) is 10.9 Å². The molecule has 0 radical (unpaired) electrons. The quantitative estimate of drug-likeness (QED) is 0.894. The lowest BCUT2D eigenvalue weighted by molar-refractivity contribution is -0.121. The number of rotatable bonds is 2. The van der Waals surface area contributed by atoms with Crippen molar-refractivity contribution in [3.8, 4) is 6.07 Å². The van der Waals surface area contributed by atoms with E-state index < -0.39 is 5.41 Å². The molecule has 19 heavy (non-hydrogen) atoms. The number of nitrogens with zero attached hydrogens (tertiary/aromatic N) is 2. The number of carbonyl (C=O) groups excluding carboxylic acids is 1. The van der Waals surface area contributed by atoms with Crippen molar-refractivity contribution in [3.63, 3.8) is 0 Å². The minimum absolute atomic E-state index is 0.0946. The topological polar surface area (TPSA) is 59.9 Å². The third-order valence-electron chi connectivity index (χ3n) is 3.87. The highest BCUT2D eigenvalue weighted by Crippen LogP contribution is 2.47. The molecular formula is C15H15N3O. The predicted octanol–water partition coefficient (Wildman–Crippen LogP) is 2.74. The number of aromatic nitrogens is 1. The van der Waals surface area contributed by atoms with Crippen molar-refractivity contribution in [2.75, 3.05) is 11.9 Å². The number of nitriles is 1. The SMILES string of the molecule is Cc1[nH]c2ccccc2c1N(C)C(=O)C1(C#N)CC1. The number of aryl methyl sites for hydroxylation is 1. The van der Waals surface area contributed by atoms with E-state index in [1.54, 1.807) is 11.9 Å². The van der Waals surface area contributed by atoms with E-state index in [9.17, 15) is 4.79 Å². The van der Waals surface area contributed by atoms with Gasteiger partial charge in [-0.2, -0.15) is 5.26 Å². The third-order valence-corrected chi connectivity index (χ3v) is 3.87. The maximum atomic E-state index is 12.4. The lowest BCUT2D eigenvalue weighted by Gasteiger charge is -2.20. The number of hydrogen-bond acceptors (Lipinski definition) is 2. The van der Waals surface area contributed by atoms with Gasteiger partial charge in [-0.25, -0.2) is 0 Å². The van der Waals surface area contributed by atoms with Gasteiger partial charge in [0.05, 0.1) is 11.8 Å². The van der Waals surface area contributed by atoms with Gasteiger partial charge in [-0.15, -0.1) is 0 Å². The standard InChI is InChI=1S/C15H15N3O/c1-10-13(11-5-3-4-6-12(11)17-10)18(2)14(19)15(9-16)7-8-15/h3-6,17H,7-8H2,1-2H3. The second-order valence-electron chi connectivity index (χ2n) is 5.20. The van der Waals surface area contributed by atoms with Gasteiger partial charge >= 0.3 is 0 Å². The van der Waals surface area contributed by atoms with Crippen molar-refractivity contribution in [1.82, 2.24) is 4.98 Å². The van der Waals surface area contributed by atoms with Crippen molar-refractivity contribution >= 4 is 22.5 Å². The van der Waals surface area contributed by atoms with Crippen molar-refractivity contribution < 1.29 is 4.79 Å². The van der Waals surface area contributed by atoms with Crippen LogP contribution in [0.15, 0.2) is 24.3 Å². The van der Waals surface area contributed by atoms with Gasteiger partial charge in [0, 0.05) is 23.6 Å². The zero-order chi connectivity index (χ0) is 13.6. The van der Waals surface area contributed by atoms with E-state index in [2.05, 4.69) is 11.1 Å². The normalized spacial score (nSPS) is 16.1. The zero-order valence-corrected chi connectivity index (χ0v) is 11.0. The monoisotopic (exact) mass is 253 g/mol. The maximum absolute atomic E-state index is 12.4. The summed E-state index contributed by atoms with van der Waals surface area (Å²) in [6, 6.07) is 10.1. The average Bonchev–Trinajstić information content (AvgIpc) is 3.14. The first-order valence-electron chi connectivity index (χ1n) is 6.36. The molecule has 0 spiro atoms. The van der Waals surface area contributed by atoms with E-state index >= 15 is 0 Å². The highest BCUT2D eigenvalue weighted by atomic mass is 16.2. The molecule has 1 aromatic carbocycles. The molecule has 0 unspecified atom stereocenters. The van der Waals surface area contributed by atoms with Gasteiger partial charge in [0.2, 0.25) is 5.91 Å². The second kappa shape index (κ2) is 3.86. The molecule has 96 valence electrons. The largest absolute Gasteiger partial charge is 0.357 e. The number of fused-ring (bicyclic) bond motifs is 1. The van der Waals surface area contributed by atoms with Gasteiger partial charge in [-0.05, 0) is 25.8 Å². The predicted molar refractivity (Wildman–Crippen MR) is 73.7 cm³/mol. The molecule has 4 heteroatoms. The lowest BCUT2D eigenvalue weighted by Crippen LogP contribution is -2.33. The zero-order valence-electron chi connectivity index (χ0n) is 11.0. The summed E-state index contributed by atoms with van der Waals surface area (Å²) in [4.78, 5) is 17.3. The van der Waals surface area contributed by atoms with Gasteiger partial charge < -0.3 is 9.88 Å². The van der Waals surface area contributed by atoms with E-state index in [4.69, 9.17) is 5.26 Å². The molecule has 1 aliphatic rings. The van der Waals surface area contributed by atoms with E-state index in [0.717, 1.165) is 22.3 Å². The fraction of sp³-hybridized carbons (Fsp3) is 0.333. The van der Waals surface area contributed by atoms with Crippen molar-refractivity contribution in [3.05, 3.63) is 30.0 Å². The van der Waals surface area contributed by atoms with Crippen LogP contribution in [-0.2, 0) is 4.79 Å². The van der Waals surface area contributed by atoms with Crippen LogP contribution in [0, 0.1) is 23.7 Å². The van der Waals surface area contributed by atoms with E-state index in [0.29, 0.717) is 12.8 Å². The number of anilines is 1. The fourth-order valence-electron chi connectivity index (χ4n) is 2.62. The first-order valence-corrected chi connectivity index (χ1v) is 6.36. The molecule has 1 N–H and O–H groups in total. The average molecular weight is 253 g/mol. The van der Waals surface area contributed by atoms with Gasteiger partial charge in [-0.1, -0.05) is 18.2 Å². The van der Waals surface area contributed by atoms with E-state index in [1.165, 1.54) is 0 Å². The fourth-order valence-corrected chi connectivity index (χ4v) is 2.62. The number of amides is 1. The number of para-hydroxylation sites is 1. The summed E-state index contributed by atoms with van der Waals surface area (Å²) in [5, 5.41) is 10.2. The molecule has 2 aromatic rings. The Morgan fingerprint density at radius 3 is 2.74 bits per heavy atom. The Balaban J connectivity index is 2.07. The van der Waals surface area contributed by atoms with Crippen molar-refractivity contribution in [2.45, 2.75) is 19.8 Å². The Hall–Kier alpha value is -2.28. The molecule has 3 rings (SSSR count). The maximum Gasteiger partial charge on any atom is 0.247 e. The van der Waals surface area contributed by atoms with Crippen LogP contribution in [0.2, 0.25) is 0 Å². The number of H-pyrrole nitrogens is 1. The Morgan fingerprint density at radius 2 is 2.11 bits per heavy atom. The first-order chi connectivity index (χ1) is 9.09. The van der Waals surface area contributed by atoms with Crippen LogP contribution < -0.4 is 4.90 Å². The van der Waals surface area contributed by atoms with Crippen LogP contribution in [0.5, 0.6) is 0 Å². The molecule has 1 heterocycles. The van der Waals surface area contributed by atoms with Crippen LogP contribution >= 0.6 is 0 Å². The second-order valence-corrected chi connectivity index (χ2v) is 5.20. The molecule has 1 aromatic heterocycles. The van der Waals surface area contributed by atoms with Gasteiger partial charge in [0.25, 0.3) is 0 Å². The van der Waals surface area contributed by atoms with Crippen LogP contribution in [0.3, 0.4) is 0 Å². The summed E-state index contributed by atoms with van der Waals surface area (Å²) >= 11 is 0. The smallest absolute Gasteiger partial charge is 0.247 e. The number of carbonyl (C=O) groups is 1. The van der Waals surface area contributed by atoms with Crippen LogP contribution in [0.4, 0.5) is 5.69 Å². The highest BCUT2D eigenvalue weighted by molar-refractivity contribution is 6.08. The van der Waals surface area contributed by atoms with Crippen molar-refractivity contribution in [1.29, 1.82) is 5.26 Å². The molecular weight excluding hydrogens is 238 g/mol. The summed E-state index contributed by atoms with van der Waals surface area (Å²) < 4.78 is 0. The highest BCUT2D eigenvalue weighted by Gasteiger charge is 2.52. The molecule has 0 bridgehead atoms. The minimum Gasteiger partial charge on any atom is -0.357 e. The Labute approximate surface area is 111 Å². The van der Waals surface area contributed by atoms with Gasteiger partial charge in [0.15, 0.2) is 0 Å². The Kier molecular flexibility index (Phi) is 2.39. The van der Waals surface area contributed by atoms with Crippen LogP contribution in [-0.4, -0.2) is 17.9 Å². The first kappa shape index (κ1) is 11.8. The molecule has 1 saturated carbocycles.